The number of carbonyl (C=O) groups is 1. The van der Waals surface area contributed by atoms with Crippen LogP contribution >= 0.6 is 11.3 Å². The average molecular weight is 199 g/mol. The molecule has 5 nitrogen and oxygen atoms in total. The third-order valence-electron chi connectivity index (χ3n) is 2.32. The number of anilines is 1. The zero-order valence-corrected chi connectivity index (χ0v) is 7.67. The van der Waals surface area contributed by atoms with Crippen LogP contribution in [0.3, 0.4) is 0 Å². The largest absolute Gasteiger partial charge is 0.480 e. The molecule has 1 heterocycles. The van der Waals surface area contributed by atoms with Crippen molar-refractivity contribution in [2.45, 2.75) is 24.8 Å². The van der Waals surface area contributed by atoms with Crippen LogP contribution in [0.1, 0.15) is 19.3 Å². The summed E-state index contributed by atoms with van der Waals surface area (Å²) in [5.74, 6) is -0.797. The average Bonchev–Trinajstić information content (AvgIpc) is 2.47. The van der Waals surface area contributed by atoms with Gasteiger partial charge in [0, 0.05) is 0 Å². The van der Waals surface area contributed by atoms with Crippen LogP contribution in [0.25, 0.3) is 0 Å². The van der Waals surface area contributed by atoms with Gasteiger partial charge in [-0.05, 0) is 19.3 Å². The van der Waals surface area contributed by atoms with Crippen molar-refractivity contribution in [1.82, 2.24) is 10.2 Å². The smallest absolute Gasteiger partial charge is 0.329 e. The summed E-state index contributed by atoms with van der Waals surface area (Å²) < 4.78 is 0. The lowest BCUT2D eigenvalue weighted by atomic mass is 9.77. The highest BCUT2D eigenvalue weighted by atomic mass is 32.1. The van der Waals surface area contributed by atoms with Gasteiger partial charge in [0.1, 0.15) is 11.0 Å². The van der Waals surface area contributed by atoms with Gasteiger partial charge in [-0.25, -0.2) is 4.79 Å². The predicted molar refractivity (Wildman–Crippen MR) is 47.7 cm³/mol. The number of hydrogen-bond donors (Lipinski definition) is 2. The molecule has 2 rings (SSSR count). The van der Waals surface area contributed by atoms with Gasteiger partial charge in [0.05, 0.1) is 0 Å². The standard InChI is InChI=1S/C7H9N3O2S/c11-5(12)7(2-1-3-7)9-6-10-8-4-13-6/h4H,1-3H2,(H,9,10)(H,11,12). The Balaban J connectivity index is 2.11. The minimum absolute atomic E-state index is 0.585. The lowest BCUT2D eigenvalue weighted by Crippen LogP contribution is -2.52. The lowest BCUT2D eigenvalue weighted by molar-refractivity contribution is -0.145. The molecule has 1 aliphatic carbocycles. The molecule has 2 N–H and O–H groups in total. The number of nitrogens with one attached hydrogen (secondary N) is 1. The van der Waals surface area contributed by atoms with Crippen LogP contribution in [0.15, 0.2) is 5.51 Å². The van der Waals surface area contributed by atoms with E-state index in [4.69, 9.17) is 5.11 Å². The van der Waals surface area contributed by atoms with Gasteiger partial charge < -0.3 is 10.4 Å². The first-order valence-corrected chi connectivity index (χ1v) is 4.89. The molecular weight excluding hydrogens is 190 g/mol. The molecule has 13 heavy (non-hydrogen) atoms. The van der Waals surface area contributed by atoms with E-state index in [1.807, 2.05) is 0 Å². The minimum atomic E-state index is -0.797. The predicted octanol–water partition coefficient (Wildman–Crippen LogP) is 0.957. The van der Waals surface area contributed by atoms with Gasteiger partial charge in [-0.3, -0.25) is 0 Å². The van der Waals surface area contributed by atoms with Gasteiger partial charge in [0.15, 0.2) is 0 Å². The Labute approximate surface area is 78.8 Å². The molecule has 0 aliphatic heterocycles. The first kappa shape index (κ1) is 8.43. The number of nitrogens with zero attached hydrogens (tertiary/aromatic N) is 2. The minimum Gasteiger partial charge on any atom is -0.480 e. The summed E-state index contributed by atoms with van der Waals surface area (Å²) in [7, 11) is 0. The maximum Gasteiger partial charge on any atom is 0.329 e. The molecule has 1 saturated carbocycles. The highest BCUT2D eigenvalue weighted by molar-refractivity contribution is 7.13. The molecule has 6 heteroatoms. The molecule has 0 unspecified atom stereocenters. The Morgan fingerprint density at radius 2 is 2.46 bits per heavy atom. The number of aromatic nitrogens is 2. The molecule has 1 fully saturated rings. The van der Waals surface area contributed by atoms with Gasteiger partial charge >= 0.3 is 5.97 Å². The second-order valence-electron chi connectivity index (χ2n) is 3.11. The van der Waals surface area contributed by atoms with E-state index in [9.17, 15) is 4.79 Å². The van der Waals surface area contributed by atoms with Crippen molar-refractivity contribution in [3.05, 3.63) is 5.51 Å². The molecule has 0 spiro atoms. The summed E-state index contributed by atoms with van der Waals surface area (Å²) in [5, 5.41) is 19.9. The molecule has 0 saturated heterocycles. The third-order valence-corrected chi connectivity index (χ3v) is 2.93. The summed E-state index contributed by atoms with van der Waals surface area (Å²) in [6.45, 7) is 0. The van der Waals surface area contributed by atoms with E-state index >= 15 is 0 Å². The fourth-order valence-electron chi connectivity index (χ4n) is 1.35. The molecule has 1 aliphatic rings. The summed E-state index contributed by atoms with van der Waals surface area (Å²) in [4.78, 5) is 10.9. The molecule has 1 aromatic heterocycles. The molecule has 0 radical (unpaired) electrons. The van der Waals surface area contributed by atoms with Gasteiger partial charge in [-0.15, -0.1) is 10.2 Å². The van der Waals surface area contributed by atoms with Crippen LogP contribution in [0.5, 0.6) is 0 Å². The van der Waals surface area contributed by atoms with Gasteiger partial charge in [0.25, 0.3) is 0 Å². The molecule has 0 aromatic carbocycles. The highest BCUT2D eigenvalue weighted by Crippen LogP contribution is 2.35. The molecule has 0 bridgehead atoms. The number of carboxylic acids is 1. The van der Waals surface area contributed by atoms with Crippen molar-refractivity contribution >= 4 is 22.4 Å². The van der Waals surface area contributed by atoms with E-state index in [1.165, 1.54) is 11.3 Å². The van der Waals surface area contributed by atoms with Crippen LogP contribution in [0.2, 0.25) is 0 Å². The molecule has 1 aromatic rings. The molecule has 70 valence electrons. The zero-order valence-electron chi connectivity index (χ0n) is 6.86. The summed E-state index contributed by atoms with van der Waals surface area (Å²) in [6.07, 6.45) is 2.29. The van der Waals surface area contributed by atoms with Crippen molar-refractivity contribution in [2.24, 2.45) is 0 Å². The quantitative estimate of drug-likeness (QED) is 0.758. The van der Waals surface area contributed by atoms with Crippen molar-refractivity contribution < 1.29 is 9.90 Å². The number of aliphatic carboxylic acids is 1. The zero-order chi connectivity index (χ0) is 9.31. The fourth-order valence-corrected chi connectivity index (χ4v) is 1.90. The molecule has 0 atom stereocenters. The molecule has 0 amide bonds. The SMILES string of the molecule is O=C(O)C1(Nc2nncs2)CCC1. The van der Waals surface area contributed by atoms with Crippen LogP contribution < -0.4 is 5.32 Å². The summed E-state index contributed by atoms with van der Waals surface area (Å²) in [6, 6.07) is 0. The second kappa shape index (κ2) is 2.95. The topological polar surface area (TPSA) is 75.1 Å². The Hall–Kier alpha value is -1.17. The highest BCUT2D eigenvalue weighted by Gasteiger charge is 2.44. The Kier molecular flexibility index (Phi) is 1.91. The maximum atomic E-state index is 10.9. The Bertz CT molecular complexity index is 308. The van der Waals surface area contributed by atoms with Crippen LogP contribution in [0.4, 0.5) is 5.13 Å². The van der Waals surface area contributed by atoms with E-state index < -0.39 is 11.5 Å². The Morgan fingerprint density at radius 3 is 2.85 bits per heavy atom. The monoisotopic (exact) mass is 199 g/mol. The first-order chi connectivity index (χ1) is 6.23. The molecular formula is C7H9N3O2S. The van der Waals surface area contributed by atoms with Gasteiger partial charge in [-0.1, -0.05) is 11.3 Å². The third kappa shape index (κ3) is 1.37. The fraction of sp³-hybridized carbons (Fsp3) is 0.571. The van der Waals surface area contributed by atoms with Crippen LogP contribution in [-0.2, 0) is 4.79 Å². The summed E-state index contributed by atoms with van der Waals surface area (Å²) in [5.41, 5.74) is 0.802. The van der Waals surface area contributed by atoms with Crippen LogP contribution in [-0.4, -0.2) is 26.8 Å². The van der Waals surface area contributed by atoms with Crippen molar-refractivity contribution in [1.29, 1.82) is 0 Å². The van der Waals surface area contributed by atoms with E-state index in [2.05, 4.69) is 15.5 Å². The number of carboxylic acid groups (broad SMARTS) is 1. The van der Waals surface area contributed by atoms with E-state index in [0.29, 0.717) is 18.0 Å². The van der Waals surface area contributed by atoms with Crippen molar-refractivity contribution in [2.75, 3.05) is 5.32 Å². The second-order valence-corrected chi connectivity index (χ2v) is 3.94. The van der Waals surface area contributed by atoms with Gasteiger partial charge in [0.2, 0.25) is 5.13 Å². The number of hydrogen-bond acceptors (Lipinski definition) is 5. The first-order valence-electron chi connectivity index (χ1n) is 4.01. The summed E-state index contributed by atoms with van der Waals surface area (Å²) >= 11 is 1.32. The van der Waals surface area contributed by atoms with E-state index in [-0.39, 0.29) is 0 Å². The maximum absolute atomic E-state index is 10.9. The van der Waals surface area contributed by atoms with E-state index in [1.54, 1.807) is 5.51 Å². The van der Waals surface area contributed by atoms with Crippen LogP contribution in [0, 0.1) is 0 Å². The number of rotatable bonds is 3. The van der Waals surface area contributed by atoms with Gasteiger partial charge in [-0.2, -0.15) is 0 Å². The normalized spacial score (nSPS) is 19.1. The lowest BCUT2D eigenvalue weighted by Gasteiger charge is -2.37. The van der Waals surface area contributed by atoms with Crippen molar-refractivity contribution in [3.8, 4) is 0 Å². The van der Waals surface area contributed by atoms with E-state index in [0.717, 1.165) is 6.42 Å². The Morgan fingerprint density at radius 1 is 1.69 bits per heavy atom. The van der Waals surface area contributed by atoms with Crippen molar-refractivity contribution in [3.63, 3.8) is 0 Å².